The highest BCUT2D eigenvalue weighted by molar-refractivity contribution is 5.76. The predicted molar refractivity (Wildman–Crippen MR) is 64.8 cm³/mol. The van der Waals surface area contributed by atoms with Crippen molar-refractivity contribution >= 4 is 12.0 Å². The fourth-order valence-corrected chi connectivity index (χ4v) is 2.01. The summed E-state index contributed by atoms with van der Waals surface area (Å²) in [5, 5.41) is 11.7. The lowest BCUT2D eigenvalue weighted by Crippen LogP contribution is -2.48. The molecule has 1 rings (SSSR count). The van der Waals surface area contributed by atoms with Gasteiger partial charge in [-0.3, -0.25) is 4.79 Å². The summed E-state index contributed by atoms with van der Waals surface area (Å²) in [5.74, 6) is -0.504. The van der Waals surface area contributed by atoms with Crippen molar-refractivity contribution in [2.45, 2.75) is 52.1 Å². The van der Waals surface area contributed by atoms with Gasteiger partial charge in [-0.25, -0.2) is 4.79 Å². The van der Waals surface area contributed by atoms with Crippen molar-refractivity contribution in [3.8, 4) is 0 Å². The number of amides is 2. The Balaban J connectivity index is 2.53. The van der Waals surface area contributed by atoms with E-state index in [2.05, 4.69) is 5.32 Å². The predicted octanol–water partition coefficient (Wildman–Crippen LogP) is 1.68. The molecule has 1 aliphatic rings. The summed E-state index contributed by atoms with van der Waals surface area (Å²) in [6.07, 6.45) is 2.06. The smallest absolute Gasteiger partial charge is 0.317 e. The first kappa shape index (κ1) is 13.8. The molecule has 1 fully saturated rings. The largest absolute Gasteiger partial charge is 0.481 e. The van der Waals surface area contributed by atoms with Crippen LogP contribution >= 0.6 is 0 Å². The summed E-state index contributed by atoms with van der Waals surface area (Å²) in [6.45, 7) is 6.45. The minimum absolute atomic E-state index is 0.0199. The molecule has 0 bridgehead atoms. The van der Waals surface area contributed by atoms with Crippen LogP contribution in [-0.4, -0.2) is 40.6 Å². The third-order valence-corrected chi connectivity index (χ3v) is 3.12. The average molecular weight is 242 g/mol. The Labute approximate surface area is 102 Å². The Bertz CT molecular complexity index is 287. The SMILES string of the molecule is CCN(C(=O)NC(CC(=O)O)C1CC1)C(C)C. The molecule has 1 aliphatic carbocycles. The molecule has 1 atom stereocenters. The normalized spacial score (nSPS) is 16.7. The molecule has 5 heteroatoms. The van der Waals surface area contributed by atoms with Crippen LogP contribution in [0.15, 0.2) is 0 Å². The van der Waals surface area contributed by atoms with Crippen molar-refractivity contribution < 1.29 is 14.7 Å². The molecule has 0 heterocycles. The minimum Gasteiger partial charge on any atom is -0.481 e. The molecule has 2 amide bonds. The molecule has 98 valence electrons. The van der Waals surface area contributed by atoms with Crippen LogP contribution in [0, 0.1) is 5.92 Å². The monoisotopic (exact) mass is 242 g/mol. The van der Waals surface area contributed by atoms with Crippen molar-refractivity contribution in [1.82, 2.24) is 10.2 Å². The number of carbonyl (C=O) groups excluding carboxylic acids is 1. The summed E-state index contributed by atoms with van der Waals surface area (Å²) in [7, 11) is 0. The van der Waals surface area contributed by atoms with E-state index in [0.29, 0.717) is 12.5 Å². The number of urea groups is 1. The average Bonchev–Trinajstić information content (AvgIpc) is 2.99. The number of rotatable bonds is 6. The van der Waals surface area contributed by atoms with Crippen molar-refractivity contribution in [2.24, 2.45) is 5.92 Å². The van der Waals surface area contributed by atoms with E-state index in [1.807, 2.05) is 20.8 Å². The first-order valence-corrected chi connectivity index (χ1v) is 6.24. The van der Waals surface area contributed by atoms with Crippen LogP contribution < -0.4 is 5.32 Å². The van der Waals surface area contributed by atoms with E-state index in [-0.39, 0.29) is 24.5 Å². The Morgan fingerprint density at radius 1 is 1.41 bits per heavy atom. The molecule has 0 radical (unpaired) electrons. The topological polar surface area (TPSA) is 69.6 Å². The molecular formula is C12H22N2O3. The maximum Gasteiger partial charge on any atom is 0.317 e. The van der Waals surface area contributed by atoms with Crippen LogP contribution in [0.3, 0.4) is 0 Å². The summed E-state index contributed by atoms with van der Waals surface area (Å²) >= 11 is 0. The van der Waals surface area contributed by atoms with E-state index in [1.165, 1.54) is 0 Å². The molecule has 17 heavy (non-hydrogen) atoms. The van der Waals surface area contributed by atoms with E-state index < -0.39 is 5.97 Å². The zero-order valence-electron chi connectivity index (χ0n) is 10.8. The number of aliphatic carboxylic acids is 1. The highest BCUT2D eigenvalue weighted by Crippen LogP contribution is 2.34. The number of nitrogens with one attached hydrogen (secondary N) is 1. The molecule has 5 nitrogen and oxygen atoms in total. The highest BCUT2D eigenvalue weighted by atomic mass is 16.4. The van der Waals surface area contributed by atoms with Crippen LogP contribution in [-0.2, 0) is 4.79 Å². The molecule has 0 aromatic rings. The summed E-state index contributed by atoms with van der Waals surface area (Å²) in [4.78, 5) is 24.4. The van der Waals surface area contributed by atoms with Gasteiger partial charge in [-0.15, -0.1) is 0 Å². The van der Waals surface area contributed by atoms with Crippen LogP contribution in [0.25, 0.3) is 0 Å². The number of hydrogen-bond acceptors (Lipinski definition) is 2. The van der Waals surface area contributed by atoms with Crippen LogP contribution in [0.1, 0.15) is 40.0 Å². The van der Waals surface area contributed by atoms with Gasteiger partial charge in [0.1, 0.15) is 0 Å². The molecule has 0 aromatic heterocycles. The standard InChI is InChI=1S/C12H22N2O3/c1-4-14(8(2)3)12(17)13-10(7-11(15)16)9-5-6-9/h8-10H,4-7H2,1-3H3,(H,13,17)(H,15,16). The highest BCUT2D eigenvalue weighted by Gasteiger charge is 2.34. The Hall–Kier alpha value is -1.26. The molecule has 2 N–H and O–H groups in total. The fourth-order valence-electron chi connectivity index (χ4n) is 2.01. The van der Waals surface area contributed by atoms with E-state index in [0.717, 1.165) is 12.8 Å². The Morgan fingerprint density at radius 2 is 2.00 bits per heavy atom. The molecule has 0 aliphatic heterocycles. The number of carbonyl (C=O) groups is 2. The molecule has 1 saturated carbocycles. The van der Waals surface area contributed by atoms with Crippen molar-refractivity contribution in [2.75, 3.05) is 6.54 Å². The van der Waals surface area contributed by atoms with Gasteiger partial charge < -0.3 is 15.3 Å². The van der Waals surface area contributed by atoms with Crippen molar-refractivity contribution in [3.05, 3.63) is 0 Å². The third-order valence-electron chi connectivity index (χ3n) is 3.12. The second kappa shape index (κ2) is 5.89. The quantitative estimate of drug-likeness (QED) is 0.744. The van der Waals surface area contributed by atoms with Gasteiger partial charge in [0.2, 0.25) is 0 Å². The molecule has 0 saturated heterocycles. The summed E-state index contributed by atoms with van der Waals surface area (Å²) in [6, 6.07) is -0.238. The van der Waals surface area contributed by atoms with Crippen LogP contribution in [0.5, 0.6) is 0 Å². The first-order chi connectivity index (χ1) is 7.95. The lowest BCUT2D eigenvalue weighted by molar-refractivity contribution is -0.137. The number of carboxylic acids is 1. The van der Waals surface area contributed by atoms with Gasteiger partial charge in [0.15, 0.2) is 0 Å². The van der Waals surface area contributed by atoms with Gasteiger partial charge in [0.25, 0.3) is 0 Å². The van der Waals surface area contributed by atoms with Crippen molar-refractivity contribution in [3.63, 3.8) is 0 Å². The van der Waals surface area contributed by atoms with E-state index >= 15 is 0 Å². The lowest BCUT2D eigenvalue weighted by atomic mass is 10.1. The van der Waals surface area contributed by atoms with E-state index in [4.69, 9.17) is 5.11 Å². The van der Waals surface area contributed by atoms with Crippen LogP contribution in [0.2, 0.25) is 0 Å². The Kier molecular flexibility index (Phi) is 4.78. The van der Waals surface area contributed by atoms with Gasteiger partial charge in [0.05, 0.1) is 6.42 Å². The Morgan fingerprint density at radius 3 is 2.35 bits per heavy atom. The third kappa shape index (κ3) is 4.24. The zero-order chi connectivity index (χ0) is 13.0. The molecule has 0 spiro atoms. The van der Waals surface area contributed by atoms with E-state index in [9.17, 15) is 9.59 Å². The number of carboxylic acid groups (broad SMARTS) is 1. The first-order valence-electron chi connectivity index (χ1n) is 6.24. The summed E-state index contributed by atoms with van der Waals surface area (Å²) < 4.78 is 0. The van der Waals surface area contributed by atoms with Crippen LogP contribution in [0.4, 0.5) is 4.79 Å². The molecular weight excluding hydrogens is 220 g/mol. The van der Waals surface area contributed by atoms with Gasteiger partial charge in [-0.1, -0.05) is 0 Å². The second-order valence-corrected chi connectivity index (χ2v) is 4.87. The maximum absolute atomic E-state index is 12.0. The number of nitrogens with zero attached hydrogens (tertiary/aromatic N) is 1. The number of hydrogen-bond donors (Lipinski definition) is 2. The molecule has 0 aromatic carbocycles. The second-order valence-electron chi connectivity index (χ2n) is 4.87. The van der Waals surface area contributed by atoms with Gasteiger partial charge in [0, 0.05) is 18.6 Å². The molecule has 1 unspecified atom stereocenters. The van der Waals surface area contributed by atoms with Gasteiger partial charge in [-0.05, 0) is 39.5 Å². The van der Waals surface area contributed by atoms with E-state index in [1.54, 1.807) is 4.90 Å². The van der Waals surface area contributed by atoms with Gasteiger partial charge in [-0.2, -0.15) is 0 Å². The fraction of sp³-hybridized carbons (Fsp3) is 0.833. The maximum atomic E-state index is 12.0. The van der Waals surface area contributed by atoms with Gasteiger partial charge >= 0.3 is 12.0 Å². The lowest BCUT2D eigenvalue weighted by Gasteiger charge is -2.28. The van der Waals surface area contributed by atoms with Crippen molar-refractivity contribution in [1.29, 1.82) is 0 Å². The summed E-state index contributed by atoms with van der Waals surface area (Å²) in [5.41, 5.74) is 0. The minimum atomic E-state index is -0.852. The zero-order valence-corrected chi connectivity index (χ0v) is 10.8.